The zero-order valence-electron chi connectivity index (χ0n) is 9.49. The SMILES string of the molecule is Brc1cccc(-n2cc(-c3ccccc3)nn2)c1. The van der Waals surface area contributed by atoms with Crippen LogP contribution in [-0.4, -0.2) is 15.0 Å². The van der Waals surface area contributed by atoms with Gasteiger partial charge in [0.05, 0.1) is 11.9 Å². The van der Waals surface area contributed by atoms with Crippen LogP contribution in [0.5, 0.6) is 0 Å². The minimum atomic E-state index is 0.871. The Kier molecular flexibility index (Phi) is 2.94. The summed E-state index contributed by atoms with van der Waals surface area (Å²) in [6.45, 7) is 0. The number of nitrogens with zero attached hydrogens (tertiary/aromatic N) is 3. The number of hydrogen-bond acceptors (Lipinski definition) is 2. The highest BCUT2D eigenvalue weighted by Gasteiger charge is 2.04. The van der Waals surface area contributed by atoms with Gasteiger partial charge < -0.3 is 0 Å². The van der Waals surface area contributed by atoms with Crippen molar-refractivity contribution in [3.05, 3.63) is 65.3 Å². The fourth-order valence-corrected chi connectivity index (χ4v) is 2.14. The van der Waals surface area contributed by atoms with Crippen LogP contribution >= 0.6 is 15.9 Å². The van der Waals surface area contributed by atoms with Gasteiger partial charge >= 0.3 is 0 Å². The van der Waals surface area contributed by atoms with E-state index in [0.29, 0.717) is 0 Å². The molecular formula is C14H10BrN3. The highest BCUT2D eigenvalue weighted by Crippen LogP contribution is 2.19. The number of rotatable bonds is 2. The molecule has 0 saturated carbocycles. The van der Waals surface area contributed by atoms with Gasteiger partial charge in [-0.2, -0.15) is 0 Å². The van der Waals surface area contributed by atoms with Crippen molar-refractivity contribution >= 4 is 15.9 Å². The second-order valence-electron chi connectivity index (χ2n) is 3.89. The molecule has 0 unspecified atom stereocenters. The third kappa shape index (κ3) is 2.19. The predicted octanol–water partition coefficient (Wildman–Crippen LogP) is 3.70. The molecule has 3 nitrogen and oxygen atoms in total. The van der Waals surface area contributed by atoms with Crippen LogP contribution in [0.25, 0.3) is 16.9 Å². The van der Waals surface area contributed by atoms with Gasteiger partial charge in [-0.15, -0.1) is 5.10 Å². The largest absolute Gasteiger partial charge is 0.220 e. The van der Waals surface area contributed by atoms with Crippen molar-refractivity contribution in [3.8, 4) is 16.9 Å². The summed E-state index contributed by atoms with van der Waals surface area (Å²) in [6, 6.07) is 18.0. The summed E-state index contributed by atoms with van der Waals surface area (Å²) in [5.41, 5.74) is 2.92. The molecule has 0 N–H and O–H groups in total. The van der Waals surface area contributed by atoms with Gasteiger partial charge in [-0.1, -0.05) is 57.5 Å². The van der Waals surface area contributed by atoms with Gasteiger partial charge in [0.15, 0.2) is 0 Å². The maximum absolute atomic E-state index is 4.19. The van der Waals surface area contributed by atoms with E-state index in [4.69, 9.17) is 0 Å². The van der Waals surface area contributed by atoms with Gasteiger partial charge in [-0.05, 0) is 18.2 Å². The highest BCUT2D eigenvalue weighted by molar-refractivity contribution is 9.10. The summed E-state index contributed by atoms with van der Waals surface area (Å²) in [5, 5.41) is 8.34. The summed E-state index contributed by atoms with van der Waals surface area (Å²) in [7, 11) is 0. The lowest BCUT2D eigenvalue weighted by molar-refractivity contribution is 0.803. The van der Waals surface area contributed by atoms with E-state index in [1.54, 1.807) is 4.68 Å². The molecule has 18 heavy (non-hydrogen) atoms. The molecule has 0 aliphatic rings. The fraction of sp³-hybridized carbons (Fsp3) is 0. The molecule has 0 atom stereocenters. The molecule has 0 fully saturated rings. The van der Waals surface area contributed by atoms with Gasteiger partial charge in [0, 0.05) is 10.0 Å². The first-order valence-corrected chi connectivity index (χ1v) is 6.36. The summed E-state index contributed by atoms with van der Waals surface area (Å²) in [4.78, 5) is 0. The van der Waals surface area contributed by atoms with Gasteiger partial charge in [-0.3, -0.25) is 0 Å². The Balaban J connectivity index is 2.00. The molecule has 88 valence electrons. The smallest absolute Gasteiger partial charge is 0.113 e. The minimum Gasteiger partial charge on any atom is -0.220 e. The van der Waals surface area contributed by atoms with E-state index in [1.165, 1.54) is 0 Å². The van der Waals surface area contributed by atoms with Crippen molar-refractivity contribution in [2.45, 2.75) is 0 Å². The zero-order valence-corrected chi connectivity index (χ0v) is 11.1. The summed E-state index contributed by atoms with van der Waals surface area (Å²) < 4.78 is 2.80. The maximum atomic E-state index is 4.19. The topological polar surface area (TPSA) is 30.7 Å². The summed E-state index contributed by atoms with van der Waals surface area (Å²) >= 11 is 3.45. The fourth-order valence-electron chi connectivity index (χ4n) is 1.75. The molecule has 0 radical (unpaired) electrons. The molecule has 1 aromatic heterocycles. The van der Waals surface area contributed by atoms with Crippen LogP contribution in [0.1, 0.15) is 0 Å². The van der Waals surface area contributed by atoms with Crippen LogP contribution in [0, 0.1) is 0 Å². The van der Waals surface area contributed by atoms with Crippen molar-refractivity contribution in [1.82, 2.24) is 15.0 Å². The van der Waals surface area contributed by atoms with Crippen LogP contribution in [0.2, 0.25) is 0 Å². The molecule has 4 heteroatoms. The van der Waals surface area contributed by atoms with Gasteiger partial charge in [0.25, 0.3) is 0 Å². The summed E-state index contributed by atoms with van der Waals surface area (Å²) in [6.07, 6.45) is 1.93. The first-order chi connectivity index (χ1) is 8.83. The van der Waals surface area contributed by atoms with E-state index in [9.17, 15) is 0 Å². The van der Waals surface area contributed by atoms with Crippen LogP contribution in [0.3, 0.4) is 0 Å². The van der Waals surface area contributed by atoms with E-state index in [1.807, 2.05) is 60.8 Å². The third-order valence-corrected chi connectivity index (χ3v) is 3.13. The molecule has 3 rings (SSSR count). The Morgan fingerprint density at radius 3 is 2.56 bits per heavy atom. The number of hydrogen-bond donors (Lipinski definition) is 0. The molecule has 0 aliphatic heterocycles. The number of aromatic nitrogens is 3. The molecule has 0 aliphatic carbocycles. The Morgan fingerprint density at radius 2 is 1.78 bits per heavy atom. The first kappa shape index (κ1) is 11.2. The Hall–Kier alpha value is -1.94. The van der Waals surface area contributed by atoms with E-state index in [0.717, 1.165) is 21.4 Å². The lowest BCUT2D eigenvalue weighted by atomic mass is 10.2. The van der Waals surface area contributed by atoms with E-state index in [-0.39, 0.29) is 0 Å². The minimum absolute atomic E-state index is 0.871. The van der Waals surface area contributed by atoms with Crippen molar-refractivity contribution < 1.29 is 0 Å². The molecule has 1 heterocycles. The van der Waals surface area contributed by atoms with Crippen LogP contribution < -0.4 is 0 Å². The van der Waals surface area contributed by atoms with E-state index >= 15 is 0 Å². The Labute approximate surface area is 113 Å². The van der Waals surface area contributed by atoms with Crippen molar-refractivity contribution in [1.29, 1.82) is 0 Å². The molecule has 0 bridgehead atoms. The molecular weight excluding hydrogens is 290 g/mol. The van der Waals surface area contributed by atoms with Gasteiger partial charge in [0.2, 0.25) is 0 Å². The molecule has 3 aromatic rings. The van der Waals surface area contributed by atoms with Gasteiger partial charge in [0.1, 0.15) is 5.69 Å². The van der Waals surface area contributed by atoms with Crippen molar-refractivity contribution in [3.63, 3.8) is 0 Å². The van der Waals surface area contributed by atoms with E-state index < -0.39 is 0 Å². The first-order valence-electron chi connectivity index (χ1n) is 5.57. The lowest BCUT2D eigenvalue weighted by Gasteiger charge is -1.99. The summed E-state index contributed by atoms with van der Waals surface area (Å²) in [5.74, 6) is 0. The third-order valence-electron chi connectivity index (χ3n) is 2.64. The Morgan fingerprint density at radius 1 is 0.944 bits per heavy atom. The maximum Gasteiger partial charge on any atom is 0.113 e. The highest BCUT2D eigenvalue weighted by atomic mass is 79.9. The van der Waals surface area contributed by atoms with Crippen LogP contribution in [0.15, 0.2) is 65.3 Å². The average Bonchev–Trinajstić information content (AvgIpc) is 2.89. The molecule has 0 saturated heterocycles. The van der Waals surface area contributed by atoms with Crippen LogP contribution in [0.4, 0.5) is 0 Å². The zero-order chi connectivity index (χ0) is 12.4. The second-order valence-corrected chi connectivity index (χ2v) is 4.81. The number of benzene rings is 2. The Bertz CT molecular complexity index is 662. The van der Waals surface area contributed by atoms with E-state index in [2.05, 4.69) is 26.2 Å². The normalized spacial score (nSPS) is 10.5. The monoisotopic (exact) mass is 299 g/mol. The van der Waals surface area contributed by atoms with Crippen LogP contribution in [-0.2, 0) is 0 Å². The lowest BCUT2D eigenvalue weighted by Crippen LogP contribution is -1.93. The standard InChI is InChI=1S/C14H10BrN3/c15-12-7-4-8-13(9-12)18-10-14(16-17-18)11-5-2-1-3-6-11/h1-10H. The average molecular weight is 300 g/mol. The molecule has 0 amide bonds. The molecule has 2 aromatic carbocycles. The number of halogens is 1. The van der Waals surface area contributed by atoms with Crippen molar-refractivity contribution in [2.75, 3.05) is 0 Å². The quantitative estimate of drug-likeness (QED) is 0.722. The predicted molar refractivity (Wildman–Crippen MR) is 74.5 cm³/mol. The van der Waals surface area contributed by atoms with Crippen molar-refractivity contribution in [2.24, 2.45) is 0 Å². The van der Waals surface area contributed by atoms with Gasteiger partial charge in [-0.25, -0.2) is 4.68 Å². The molecule has 0 spiro atoms. The second kappa shape index (κ2) is 4.74.